The molecule has 8 nitrogen and oxygen atoms in total. The summed E-state index contributed by atoms with van der Waals surface area (Å²) < 4.78 is 23.7. The van der Waals surface area contributed by atoms with Crippen LogP contribution < -0.4 is 5.32 Å². The zero-order valence-corrected chi connectivity index (χ0v) is 44.6. The number of aliphatic hydroxyl groups excluding tert-OH is 1. The van der Waals surface area contributed by atoms with Gasteiger partial charge in [-0.25, -0.2) is 4.57 Å². The number of phosphoric ester groups is 1. The van der Waals surface area contributed by atoms with Crippen molar-refractivity contribution in [2.45, 2.75) is 276 Å². The molecule has 0 radical (unpaired) electrons. The van der Waals surface area contributed by atoms with Crippen LogP contribution in [0.4, 0.5) is 0 Å². The van der Waals surface area contributed by atoms with Gasteiger partial charge in [0.05, 0.1) is 39.9 Å². The summed E-state index contributed by atoms with van der Waals surface area (Å²) in [7, 11) is 1.57. The smallest absolute Gasteiger partial charge is 0.387 e. The molecule has 0 aromatic rings. The van der Waals surface area contributed by atoms with Crippen molar-refractivity contribution >= 4 is 13.7 Å². The Balaban J connectivity index is 4.13. The van der Waals surface area contributed by atoms with Crippen LogP contribution in [0.3, 0.4) is 0 Å². The molecule has 65 heavy (non-hydrogen) atoms. The van der Waals surface area contributed by atoms with E-state index in [2.05, 4.69) is 43.5 Å². The van der Waals surface area contributed by atoms with Crippen molar-refractivity contribution in [3.63, 3.8) is 0 Å². The van der Waals surface area contributed by atoms with Crippen LogP contribution in [0, 0.1) is 0 Å². The van der Waals surface area contributed by atoms with Crippen LogP contribution in [-0.4, -0.2) is 73.4 Å². The number of nitrogens with zero attached hydrogens (tertiary/aromatic N) is 1. The Morgan fingerprint density at radius 1 is 0.523 bits per heavy atom. The highest BCUT2D eigenvalue weighted by molar-refractivity contribution is 7.47. The first-order chi connectivity index (χ1) is 31.5. The number of allylic oxidation sites excluding steroid dienone is 5. The summed E-state index contributed by atoms with van der Waals surface area (Å²) in [6, 6.07) is -0.853. The van der Waals surface area contributed by atoms with Crippen molar-refractivity contribution < 1.29 is 32.9 Å². The second-order valence-corrected chi connectivity index (χ2v) is 21.8. The van der Waals surface area contributed by atoms with Crippen LogP contribution in [0.25, 0.3) is 0 Å². The van der Waals surface area contributed by atoms with E-state index in [0.717, 1.165) is 64.2 Å². The van der Waals surface area contributed by atoms with Crippen molar-refractivity contribution in [3.05, 3.63) is 36.5 Å². The Bertz CT molecular complexity index is 1150. The summed E-state index contributed by atoms with van der Waals surface area (Å²) in [6.07, 6.45) is 61.1. The lowest BCUT2D eigenvalue weighted by Crippen LogP contribution is -2.45. The number of carbonyl (C=O) groups is 1. The number of amides is 1. The van der Waals surface area contributed by atoms with Gasteiger partial charge in [0, 0.05) is 6.42 Å². The molecule has 0 aromatic carbocycles. The van der Waals surface area contributed by atoms with Crippen LogP contribution in [0.5, 0.6) is 0 Å². The monoisotopic (exact) mass is 938 g/mol. The lowest BCUT2D eigenvalue weighted by molar-refractivity contribution is -0.870. The van der Waals surface area contributed by atoms with E-state index in [9.17, 15) is 19.4 Å². The van der Waals surface area contributed by atoms with Gasteiger partial charge in [-0.3, -0.25) is 13.8 Å². The summed E-state index contributed by atoms with van der Waals surface area (Å²) >= 11 is 0. The molecule has 3 N–H and O–H groups in total. The number of nitrogens with one attached hydrogen (secondary N) is 1. The van der Waals surface area contributed by atoms with Gasteiger partial charge in [-0.15, -0.1) is 0 Å². The molecule has 0 aliphatic heterocycles. The maximum atomic E-state index is 12.9. The van der Waals surface area contributed by atoms with Crippen molar-refractivity contribution in [1.29, 1.82) is 0 Å². The van der Waals surface area contributed by atoms with Gasteiger partial charge in [0.15, 0.2) is 0 Å². The fraction of sp³-hybridized carbons (Fsp3) is 0.875. The summed E-state index contributed by atoms with van der Waals surface area (Å²) in [5.41, 5.74) is 0. The van der Waals surface area contributed by atoms with Crippen molar-refractivity contribution in [1.82, 2.24) is 5.32 Å². The van der Waals surface area contributed by atoms with E-state index < -0.39 is 20.0 Å². The number of phosphoric acid groups is 1. The van der Waals surface area contributed by atoms with Gasteiger partial charge < -0.3 is 19.8 Å². The summed E-state index contributed by atoms with van der Waals surface area (Å²) in [5, 5.41) is 13.9. The van der Waals surface area contributed by atoms with E-state index in [4.69, 9.17) is 9.05 Å². The van der Waals surface area contributed by atoms with Gasteiger partial charge in [-0.1, -0.05) is 249 Å². The highest BCUT2D eigenvalue weighted by atomic mass is 31.2. The van der Waals surface area contributed by atoms with Crippen LogP contribution >= 0.6 is 7.82 Å². The third-order valence-corrected chi connectivity index (χ3v) is 13.6. The second kappa shape index (κ2) is 47.8. The van der Waals surface area contributed by atoms with Crippen LogP contribution in [0.1, 0.15) is 264 Å². The zero-order chi connectivity index (χ0) is 47.8. The molecule has 0 aromatic heterocycles. The van der Waals surface area contributed by atoms with Crippen molar-refractivity contribution in [3.8, 4) is 0 Å². The van der Waals surface area contributed by atoms with E-state index in [1.165, 1.54) is 180 Å². The van der Waals surface area contributed by atoms with E-state index in [1.807, 2.05) is 27.2 Å². The molecular weight excluding hydrogens is 828 g/mol. The van der Waals surface area contributed by atoms with Gasteiger partial charge in [0.1, 0.15) is 13.2 Å². The normalized spacial score (nSPS) is 14.3. The minimum Gasteiger partial charge on any atom is -0.387 e. The molecule has 0 fully saturated rings. The number of carbonyl (C=O) groups excluding carboxylic acids is 1. The van der Waals surface area contributed by atoms with E-state index in [0.29, 0.717) is 17.4 Å². The zero-order valence-electron chi connectivity index (χ0n) is 43.7. The molecule has 9 heteroatoms. The number of quaternary nitrogens is 1. The Morgan fingerprint density at radius 3 is 1.31 bits per heavy atom. The quantitative estimate of drug-likeness (QED) is 0.0243. The third kappa shape index (κ3) is 50.4. The summed E-state index contributed by atoms with van der Waals surface area (Å²) in [5.74, 6) is -0.190. The Morgan fingerprint density at radius 2 is 0.892 bits per heavy atom. The topological polar surface area (TPSA) is 105 Å². The third-order valence-electron chi connectivity index (χ3n) is 12.6. The van der Waals surface area contributed by atoms with E-state index in [1.54, 1.807) is 6.08 Å². The molecule has 3 atom stereocenters. The number of likely N-dealkylation sites (N-methyl/N-ethyl adjacent to an activating group) is 1. The minimum absolute atomic E-state index is 0.0587. The molecule has 0 spiro atoms. The molecule has 0 saturated carbocycles. The lowest BCUT2D eigenvalue weighted by Gasteiger charge is -2.25. The number of aliphatic hydroxyl groups is 1. The molecule has 3 unspecified atom stereocenters. The molecule has 0 bridgehead atoms. The number of unbranched alkanes of at least 4 members (excludes halogenated alkanes) is 34. The van der Waals surface area contributed by atoms with Gasteiger partial charge in [-0.2, -0.15) is 0 Å². The summed E-state index contributed by atoms with van der Waals surface area (Å²) in [6.45, 7) is 4.78. The lowest BCUT2D eigenvalue weighted by atomic mass is 10.0. The Kier molecular flexibility index (Phi) is 46.8. The second-order valence-electron chi connectivity index (χ2n) is 20.3. The van der Waals surface area contributed by atoms with Crippen LogP contribution in [-0.2, 0) is 18.4 Å². The maximum Gasteiger partial charge on any atom is 0.472 e. The first-order valence-electron chi connectivity index (χ1n) is 27.9. The average Bonchev–Trinajstić information content (AvgIpc) is 3.26. The van der Waals surface area contributed by atoms with Crippen molar-refractivity contribution in [2.75, 3.05) is 40.9 Å². The van der Waals surface area contributed by atoms with Crippen LogP contribution in [0.15, 0.2) is 36.5 Å². The molecule has 384 valence electrons. The van der Waals surface area contributed by atoms with Gasteiger partial charge in [0.2, 0.25) is 5.91 Å². The first kappa shape index (κ1) is 63.7. The van der Waals surface area contributed by atoms with E-state index >= 15 is 0 Å². The minimum atomic E-state index is -4.35. The number of hydrogen-bond acceptors (Lipinski definition) is 5. The first-order valence-corrected chi connectivity index (χ1v) is 29.4. The highest BCUT2D eigenvalue weighted by Crippen LogP contribution is 2.43. The standard InChI is InChI=1S/C56H109N2O6P/c1-6-8-10-12-14-16-18-20-22-23-24-25-26-27-28-29-30-31-32-33-34-35-36-37-39-41-43-45-47-49-55(59)54(53-64-65(61,62)63-52-51-58(3,4)5)57-56(60)50-48-46-44-42-40-38-21-19-17-15-13-11-9-7-2/h13,15,19,21,47,49,54-55,59H,6-12,14,16-18,20,22-46,48,50-53H2,1-5H3,(H-,57,60,61,62)/p+1/b15-13-,21-19-,49-47+. The molecule has 1 amide bonds. The average molecular weight is 938 g/mol. The fourth-order valence-corrected chi connectivity index (χ4v) is 8.91. The highest BCUT2D eigenvalue weighted by Gasteiger charge is 2.27. The predicted molar refractivity (Wildman–Crippen MR) is 281 cm³/mol. The van der Waals surface area contributed by atoms with E-state index in [-0.39, 0.29) is 19.1 Å². The Labute approximate surface area is 404 Å². The largest absolute Gasteiger partial charge is 0.472 e. The predicted octanol–water partition coefficient (Wildman–Crippen LogP) is 16.6. The molecule has 0 rings (SSSR count). The molecule has 0 heterocycles. The Hall–Kier alpha value is -1.28. The number of rotatable bonds is 51. The van der Waals surface area contributed by atoms with Crippen LogP contribution in [0.2, 0.25) is 0 Å². The molecular formula is C56H110N2O6P+. The van der Waals surface area contributed by atoms with Gasteiger partial charge >= 0.3 is 7.82 Å². The number of hydrogen-bond donors (Lipinski definition) is 3. The molecule has 0 saturated heterocycles. The molecule has 0 aliphatic rings. The fourth-order valence-electron chi connectivity index (χ4n) is 8.18. The summed E-state index contributed by atoms with van der Waals surface area (Å²) in [4.78, 5) is 23.2. The van der Waals surface area contributed by atoms with Gasteiger partial charge in [-0.05, 0) is 44.9 Å². The maximum absolute atomic E-state index is 12.9. The van der Waals surface area contributed by atoms with Gasteiger partial charge in [0.25, 0.3) is 0 Å². The van der Waals surface area contributed by atoms with Crippen molar-refractivity contribution in [2.24, 2.45) is 0 Å². The molecule has 0 aliphatic carbocycles. The SMILES string of the molecule is CCCC/C=C\C/C=C\CCCCCCCC(=O)NC(COP(=O)(O)OCC[N+](C)(C)C)C(O)/C=C/CCCCCCCCCCCCCCCCCCCCCCCCCCCCC.